The molecule has 2 aromatic heterocycles. The van der Waals surface area contributed by atoms with Crippen molar-refractivity contribution in [3.05, 3.63) is 12.7 Å². The van der Waals surface area contributed by atoms with Crippen molar-refractivity contribution in [3.8, 4) is 0 Å². The zero-order valence-electron chi connectivity index (χ0n) is 25.7. The Morgan fingerprint density at radius 1 is 1.02 bits per heavy atom. The molecule has 5 atom stereocenters. The molecule has 4 rings (SSSR count). The number of hydrogen-bond acceptors (Lipinski definition) is 12. The largest absolute Gasteiger partial charge is 0.480 e. The number of carboxylic acid groups (broad SMARTS) is 1. The lowest BCUT2D eigenvalue weighted by atomic mass is 10.1. The number of aromatic nitrogens is 4. The number of aliphatic carboxylic acids is 1. The van der Waals surface area contributed by atoms with Crippen LogP contribution in [0.5, 0.6) is 0 Å². The van der Waals surface area contributed by atoms with Gasteiger partial charge in [0.15, 0.2) is 29.0 Å². The van der Waals surface area contributed by atoms with E-state index in [1.165, 1.54) is 12.7 Å². The number of rotatable bonds is 9. The Bertz CT molecular complexity index is 1330. The van der Waals surface area contributed by atoms with E-state index >= 15 is 0 Å². The van der Waals surface area contributed by atoms with E-state index in [2.05, 4.69) is 30.9 Å². The SMILES string of the molecule is CC(C)(C)OC(=O)Nc1ncnc2c1ncn2[C@@H]1O[C@H](CNCCC(NC(=O)OC(C)(C)C)C(=O)O)[C@H]2OC(C)(C)O[C@H]21. The van der Waals surface area contributed by atoms with Crippen molar-refractivity contribution < 1.29 is 43.2 Å². The number of hydrogen-bond donors (Lipinski definition) is 4. The monoisotopic (exact) mass is 607 g/mol. The van der Waals surface area contributed by atoms with Crippen LogP contribution in [0.3, 0.4) is 0 Å². The van der Waals surface area contributed by atoms with Crippen molar-refractivity contribution >= 4 is 35.1 Å². The fourth-order valence-electron chi connectivity index (χ4n) is 4.78. The predicted molar refractivity (Wildman–Crippen MR) is 151 cm³/mol. The summed E-state index contributed by atoms with van der Waals surface area (Å²) in [5, 5.41) is 17.7. The lowest BCUT2D eigenvalue weighted by Gasteiger charge is -2.25. The minimum atomic E-state index is -1.17. The third-order valence-corrected chi connectivity index (χ3v) is 6.32. The van der Waals surface area contributed by atoms with Gasteiger partial charge in [-0.3, -0.25) is 9.88 Å². The van der Waals surface area contributed by atoms with Crippen molar-refractivity contribution in [1.29, 1.82) is 0 Å². The Hall–Kier alpha value is -3.60. The molecule has 4 N–H and O–H groups in total. The van der Waals surface area contributed by atoms with E-state index in [0.717, 1.165) is 0 Å². The van der Waals surface area contributed by atoms with Crippen LogP contribution >= 0.6 is 0 Å². The summed E-state index contributed by atoms with van der Waals surface area (Å²) in [6, 6.07) is -1.14. The highest BCUT2D eigenvalue weighted by Gasteiger charge is 2.56. The average molecular weight is 608 g/mol. The molecular weight excluding hydrogens is 566 g/mol. The number of ether oxygens (including phenoxy) is 5. The number of fused-ring (bicyclic) bond motifs is 2. The van der Waals surface area contributed by atoms with E-state index in [0.29, 0.717) is 17.7 Å². The zero-order valence-corrected chi connectivity index (χ0v) is 25.7. The minimum absolute atomic E-state index is 0.109. The first-order valence-electron chi connectivity index (χ1n) is 14.0. The highest BCUT2D eigenvalue weighted by molar-refractivity contribution is 5.93. The Morgan fingerprint density at radius 2 is 1.67 bits per heavy atom. The van der Waals surface area contributed by atoms with Crippen LogP contribution in [0.4, 0.5) is 15.4 Å². The molecule has 238 valence electrons. The Kier molecular flexibility index (Phi) is 9.16. The molecule has 2 aliphatic heterocycles. The van der Waals surface area contributed by atoms with Gasteiger partial charge in [0.2, 0.25) is 0 Å². The highest BCUT2D eigenvalue weighted by atomic mass is 16.8. The summed E-state index contributed by atoms with van der Waals surface area (Å²) < 4.78 is 30.9. The van der Waals surface area contributed by atoms with Crippen LogP contribution in [0.15, 0.2) is 12.7 Å². The van der Waals surface area contributed by atoms with E-state index in [4.69, 9.17) is 23.7 Å². The first kappa shape index (κ1) is 32.3. The number of nitrogens with zero attached hydrogens (tertiary/aromatic N) is 4. The molecule has 43 heavy (non-hydrogen) atoms. The van der Waals surface area contributed by atoms with Crippen LogP contribution in [-0.2, 0) is 28.5 Å². The number of carbonyl (C=O) groups is 3. The van der Waals surface area contributed by atoms with Gasteiger partial charge in [0.05, 0.1) is 6.33 Å². The van der Waals surface area contributed by atoms with Gasteiger partial charge in [-0.15, -0.1) is 0 Å². The van der Waals surface area contributed by atoms with Crippen LogP contribution < -0.4 is 16.0 Å². The molecule has 1 unspecified atom stereocenters. The van der Waals surface area contributed by atoms with Gasteiger partial charge in [-0.25, -0.2) is 29.3 Å². The molecule has 2 amide bonds. The van der Waals surface area contributed by atoms with E-state index in [-0.39, 0.29) is 18.8 Å². The molecule has 0 aromatic carbocycles. The minimum Gasteiger partial charge on any atom is -0.480 e. The summed E-state index contributed by atoms with van der Waals surface area (Å²) in [7, 11) is 0. The molecule has 2 aliphatic rings. The van der Waals surface area contributed by atoms with Crippen LogP contribution in [0.25, 0.3) is 11.2 Å². The smallest absolute Gasteiger partial charge is 0.413 e. The zero-order chi connectivity index (χ0) is 31.7. The molecule has 2 fully saturated rings. The van der Waals surface area contributed by atoms with E-state index in [9.17, 15) is 19.5 Å². The van der Waals surface area contributed by atoms with Crippen molar-refractivity contribution in [2.45, 2.75) is 109 Å². The number of anilines is 1. The second-order valence-electron chi connectivity index (χ2n) is 12.8. The first-order chi connectivity index (χ1) is 19.9. The molecular formula is C27H41N7O9. The second kappa shape index (κ2) is 12.2. The number of alkyl carbamates (subject to hydrolysis) is 1. The first-order valence-corrected chi connectivity index (χ1v) is 14.0. The topological polar surface area (TPSA) is 197 Å². The lowest BCUT2D eigenvalue weighted by Crippen LogP contribution is -2.45. The van der Waals surface area contributed by atoms with Crippen molar-refractivity contribution in [2.75, 3.05) is 18.4 Å². The molecule has 0 bridgehead atoms. The van der Waals surface area contributed by atoms with Gasteiger partial charge in [0.25, 0.3) is 0 Å². The number of nitrogens with one attached hydrogen (secondary N) is 3. The van der Waals surface area contributed by atoms with Crippen molar-refractivity contribution in [2.24, 2.45) is 0 Å². The molecule has 4 heterocycles. The van der Waals surface area contributed by atoms with Crippen molar-refractivity contribution in [3.63, 3.8) is 0 Å². The molecule has 0 aliphatic carbocycles. The summed E-state index contributed by atoms with van der Waals surface area (Å²) in [6.45, 7) is 14.5. The normalized spacial score (nSPS) is 23.9. The molecule has 0 spiro atoms. The maximum Gasteiger partial charge on any atom is 0.413 e. The molecule has 16 heteroatoms. The molecule has 2 saturated heterocycles. The lowest BCUT2D eigenvalue weighted by molar-refractivity contribution is -0.195. The summed E-state index contributed by atoms with van der Waals surface area (Å²) in [5.41, 5.74) is -0.700. The number of amides is 2. The highest BCUT2D eigenvalue weighted by Crippen LogP contribution is 2.43. The molecule has 0 radical (unpaired) electrons. The standard InChI is InChI=1S/C27H41N7O9/c1-25(2,3)42-23(37)32-14(22(35)36)9-10-28-11-15-17-18(41-27(7,8)40-17)21(39-15)34-13-31-16-19(29-12-30-20(16)34)33-24(38)43-26(4,5)6/h12-15,17-18,21,28H,9-11H2,1-8H3,(H,32,37)(H,35,36)(H,29,30,33,38)/t14?,15-,17-,18-,21-/m1/s1. The van der Waals surface area contributed by atoms with Gasteiger partial charge in [0.1, 0.15) is 41.9 Å². The Morgan fingerprint density at radius 3 is 2.33 bits per heavy atom. The number of carboxylic acids is 1. The van der Waals surface area contributed by atoms with Crippen LogP contribution in [0.2, 0.25) is 0 Å². The summed E-state index contributed by atoms with van der Waals surface area (Å²) >= 11 is 0. The summed E-state index contributed by atoms with van der Waals surface area (Å²) in [6.07, 6.45) is -0.651. The fourth-order valence-corrected chi connectivity index (χ4v) is 4.78. The van der Waals surface area contributed by atoms with Gasteiger partial charge in [-0.05, 0) is 68.4 Å². The Labute approximate surface area is 249 Å². The van der Waals surface area contributed by atoms with Gasteiger partial charge < -0.3 is 39.4 Å². The quantitative estimate of drug-likeness (QED) is 0.304. The van der Waals surface area contributed by atoms with Gasteiger partial charge in [0, 0.05) is 6.54 Å². The van der Waals surface area contributed by atoms with Gasteiger partial charge in [-0.2, -0.15) is 0 Å². The molecule has 0 saturated carbocycles. The van der Waals surface area contributed by atoms with Crippen LogP contribution in [0.1, 0.15) is 68.0 Å². The maximum atomic E-state index is 12.4. The van der Waals surface area contributed by atoms with E-state index < -0.39 is 65.7 Å². The summed E-state index contributed by atoms with van der Waals surface area (Å²) in [4.78, 5) is 49.0. The fraction of sp³-hybridized carbons (Fsp3) is 0.704. The predicted octanol–water partition coefficient (Wildman–Crippen LogP) is 2.55. The van der Waals surface area contributed by atoms with Gasteiger partial charge >= 0.3 is 18.2 Å². The third kappa shape index (κ3) is 8.28. The van der Waals surface area contributed by atoms with E-state index in [1.807, 2.05) is 13.8 Å². The maximum absolute atomic E-state index is 12.4. The van der Waals surface area contributed by atoms with Gasteiger partial charge in [-0.1, -0.05) is 0 Å². The molecule has 16 nitrogen and oxygen atoms in total. The van der Waals surface area contributed by atoms with Crippen LogP contribution in [0, 0.1) is 0 Å². The Balaban J connectivity index is 1.43. The molecule has 2 aromatic rings. The summed E-state index contributed by atoms with van der Waals surface area (Å²) in [5.74, 6) is -1.87. The van der Waals surface area contributed by atoms with E-state index in [1.54, 1.807) is 46.1 Å². The van der Waals surface area contributed by atoms with Crippen molar-refractivity contribution in [1.82, 2.24) is 30.2 Å². The number of carbonyl (C=O) groups excluding carboxylic acids is 2. The number of imidazole rings is 1. The van der Waals surface area contributed by atoms with Crippen LogP contribution in [-0.4, -0.2) is 97.2 Å². The second-order valence-corrected chi connectivity index (χ2v) is 12.8. The third-order valence-electron chi connectivity index (χ3n) is 6.32. The average Bonchev–Trinajstić information content (AvgIpc) is 3.50.